The van der Waals surface area contributed by atoms with Crippen molar-refractivity contribution in [3.8, 4) is 17.4 Å². The first-order valence-corrected chi connectivity index (χ1v) is 5.71. The van der Waals surface area contributed by atoms with E-state index >= 15 is 0 Å². The first kappa shape index (κ1) is 17.5. The Morgan fingerprint density at radius 3 is 2.64 bits per heavy atom. The number of alkyl halides is 3. The van der Waals surface area contributed by atoms with Crippen molar-refractivity contribution in [3.05, 3.63) is 12.3 Å². The molecule has 3 N–H and O–H groups in total. The average molecular weight is 323 g/mol. The van der Waals surface area contributed by atoms with Gasteiger partial charge in [-0.1, -0.05) is 0 Å². The first-order chi connectivity index (χ1) is 10.3. The number of amides is 2. The van der Waals surface area contributed by atoms with Gasteiger partial charge in [-0.2, -0.15) is 13.2 Å². The highest BCUT2D eigenvalue weighted by molar-refractivity contribution is 5.93. The number of carbonyl (C=O) groups is 2. The minimum absolute atomic E-state index is 0.331. The van der Waals surface area contributed by atoms with Crippen LogP contribution in [0.15, 0.2) is 12.3 Å². The second kappa shape index (κ2) is 7.45. The maximum absolute atomic E-state index is 12.1. The second-order valence-corrected chi connectivity index (χ2v) is 3.69. The van der Waals surface area contributed by atoms with Crippen LogP contribution in [0.5, 0.6) is 17.4 Å². The summed E-state index contributed by atoms with van der Waals surface area (Å²) < 4.78 is 50.4. The molecule has 0 aliphatic carbocycles. The average Bonchev–Trinajstić information content (AvgIpc) is 2.44. The Labute approximate surface area is 122 Å². The van der Waals surface area contributed by atoms with E-state index in [-0.39, 0.29) is 11.5 Å². The third-order valence-electron chi connectivity index (χ3n) is 2.05. The zero-order chi connectivity index (χ0) is 16.8. The van der Waals surface area contributed by atoms with Crippen LogP contribution < -0.4 is 25.3 Å². The molecular formula is C11H12F3N3O5. The number of hydrogen-bond donors (Lipinski definition) is 2. The third-order valence-corrected chi connectivity index (χ3v) is 2.05. The number of ether oxygens (including phenoxy) is 3. The summed E-state index contributed by atoms with van der Waals surface area (Å²) in [5.41, 5.74) is 4.99. The van der Waals surface area contributed by atoms with Gasteiger partial charge in [0.15, 0.2) is 12.4 Å². The molecule has 0 aliphatic heterocycles. The minimum Gasteiger partial charge on any atom is -0.489 e. The van der Waals surface area contributed by atoms with E-state index in [0.29, 0.717) is 0 Å². The Morgan fingerprint density at radius 2 is 2.09 bits per heavy atom. The highest BCUT2D eigenvalue weighted by Gasteiger charge is 2.29. The lowest BCUT2D eigenvalue weighted by molar-refractivity contribution is -0.153. The van der Waals surface area contributed by atoms with Gasteiger partial charge < -0.3 is 19.9 Å². The number of nitrogens with zero attached hydrogens (tertiary/aromatic N) is 1. The number of halogens is 3. The van der Waals surface area contributed by atoms with Crippen molar-refractivity contribution in [2.75, 3.05) is 20.3 Å². The largest absolute Gasteiger partial charge is 0.489 e. The molecule has 2 amide bonds. The number of nitrogens with one attached hydrogen (secondary N) is 1. The molecule has 0 aliphatic rings. The van der Waals surface area contributed by atoms with Crippen molar-refractivity contribution in [2.45, 2.75) is 6.18 Å². The van der Waals surface area contributed by atoms with Gasteiger partial charge in [0.25, 0.3) is 5.88 Å². The van der Waals surface area contributed by atoms with Crippen molar-refractivity contribution < 1.29 is 37.0 Å². The molecule has 0 radical (unpaired) electrons. The van der Waals surface area contributed by atoms with Crippen molar-refractivity contribution in [1.29, 1.82) is 0 Å². The lowest BCUT2D eigenvalue weighted by Gasteiger charge is -2.14. The van der Waals surface area contributed by atoms with E-state index in [4.69, 9.17) is 10.5 Å². The quantitative estimate of drug-likeness (QED) is 0.816. The SMILES string of the molecule is COc1c(OCC(F)(F)F)ccnc1OC(=O)NC(=O)CN. The van der Waals surface area contributed by atoms with Crippen LogP contribution in [0, 0.1) is 0 Å². The van der Waals surface area contributed by atoms with E-state index < -0.39 is 37.2 Å². The van der Waals surface area contributed by atoms with Crippen molar-refractivity contribution in [3.63, 3.8) is 0 Å². The number of pyridine rings is 1. The molecule has 1 aromatic heterocycles. The molecule has 1 rings (SSSR count). The fraction of sp³-hybridized carbons (Fsp3) is 0.364. The summed E-state index contributed by atoms with van der Waals surface area (Å²) in [5.74, 6) is -1.94. The molecule has 22 heavy (non-hydrogen) atoms. The fourth-order valence-electron chi connectivity index (χ4n) is 1.22. The lowest BCUT2D eigenvalue weighted by atomic mass is 10.4. The number of hydrogen-bond acceptors (Lipinski definition) is 7. The van der Waals surface area contributed by atoms with E-state index in [0.717, 1.165) is 19.4 Å². The maximum Gasteiger partial charge on any atom is 0.422 e. The number of methoxy groups -OCH3 is 1. The number of aromatic nitrogens is 1. The highest BCUT2D eigenvalue weighted by atomic mass is 19.4. The molecule has 0 fully saturated rings. The molecule has 122 valence electrons. The summed E-state index contributed by atoms with van der Waals surface area (Å²) in [7, 11) is 1.12. The normalized spacial score (nSPS) is 10.8. The van der Waals surface area contributed by atoms with Gasteiger partial charge in [-0.15, -0.1) is 0 Å². The van der Waals surface area contributed by atoms with Gasteiger partial charge in [0, 0.05) is 12.3 Å². The summed E-state index contributed by atoms with van der Waals surface area (Å²) in [6.07, 6.45) is -4.73. The van der Waals surface area contributed by atoms with E-state index in [9.17, 15) is 22.8 Å². The highest BCUT2D eigenvalue weighted by Crippen LogP contribution is 2.35. The number of imide groups is 1. The molecule has 1 aromatic rings. The van der Waals surface area contributed by atoms with Crippen LogP contribution in [-0.4, -0.2) is 43.4 Å². The monoisotopic (exact) mass is 323 g/mol. The predicted octanol–water partition coefficient (Wildman–Crippen LogP) is 0.605. The molecule has 0 unspecified atom stereocenters. The molecule has 0 saturated carbocycles. The van der Waals surface area contributed by atoms with Crippen LogP contribution >= 0.6 is 0 Å². The minimum atomic E-state index is -4.56. The molecule has 11 heteroatoms. The van der Waals surface area contributed by atoms with Gasteiger partial charge in [-0.05, 0) is 0 Å². The molecule has 0 aromatic carbocycles. The van der Waals surface area contributed by atoms with E-state index in [1.165, 1.54) is 0 Å². The van der Waals surface area contributed by atoms with Gasteiger partial charge in [0.2, 0.25) is 11.7 Å². The van der Waals surface area contributed by atoms with Gasteiger partial charge in [0.1, 0.15) is 0 Å². The molecule has 0 atom stereocenters. The fourth-order valence-corrected chi connectivity index (χ4v) is 1.22. The van der Waals surface area contributed by atoms with Gasteiger partial charge in [0.05, 0.1) is 13.7 Å². The van der Waals surface area contributed by atoms with Crippen LogP contribution in [0.3, 0.4) is 0 Å². The molecule has 1 heterocycles. The maximum atomic E-state index is 12.1. The Balaban J connectivity index is 2.87. The van der Waals surface area contributed by atoms with E-state index in [2.05, 4.69) is 14.5 Å². The van der Waals surface area contributed by atoms with Gasteiger partial charge >= 0.3 is 12.3 Å². The van der Waals surface area contributed by atoms with Crippen LogP contribution in [-0.2, 0) is 4.79 Å². The zero-order valence-corrected chi connectivity index (χ0v) is 11.3. The number of nitrogens with two attached hydrogens (primary N) is 1. The van der Waals surface area contributed by atoms with Crippen molar-refractivity contribution in [2.24, 2.45) is 5.73 Å². The predicted molar refractivity (Wildman–Crippen MR) is 65.6 cm³/mol. The van der Waals surface area contributed by atoms with Crippen LogP contribution in [0.25, 0.3) is 0 Å². The summed E-state index contributed by atoms with van der Waals surface area (Å²) in [6, 6.07) is 1.10. The van der Waals surface area contributed by atoms with Gasteiger partial charge in [-0.25, -0.2) is 9.78 Å². The first-order valence-electron chi connectivity index (χ1n) is 5.71. The Bertz CT molecular complexity index is 550. The van der Waals surface area contributed by atoms with Gasteiger partial charge in [-0.3, -0.25) is 10.1 Å². The second-order valence-electron chi connectivity index (χ2n) is 3.69. The van der Waals surface area contributed by atoms with Crippen molar-refractivity contribution in [1.82, 2.24) is 10.3 Å². The van der Waals surface area contributed by atoms with Crippen LogP contribution in [0.4, 0.5) is 18.0 Å². The summed E-state index contributed by atoms with van der Waals surface area (Å²) in [4.78, 5) is 25.9. The number of carbonyl (C=O) groups excluding carboxylic acids is 2. The summed E-state index contributed by atoms with van der Waals surface area (Å²) in [5, 5.41) is 1.76. The zero-order valence-electron chi connectivity index (χ0n) is 11.3. The summed E-state index contributed by atoms with van der Waals surface area (Å²) in [6.45, 7) is -2.01. The van der Waals surface area contributed by atoms with Crippen LogP contribution in [0.2, 0.25) is 0 Å². The summed E-state index contributed by atoms with van der Waals surface area (Å²) >= 11 is 0. The Kier molecular flexibility index (Phi) is 5.92. The molecule has 0 spiro atoms. The molecule has 0 saturated heterocycles. The van der Waals surface area contributed by atoms with Crippen molar-refractivity contribution >= 4 is 12.0 Å². The smallest absolute Gasteiger partial charge is 0.422 e. The van der Waals surface area contributed by atoms with Crippen LogP contribution in [0.1, 0.15) is 0 Å². The molecular weight excluding hydrogens is 311 g/mol. The number of rotatable bonds is 5. The third kappa shape index (κ3) is 5.44. The van der Waals surface area contributed by atoms with E-state index in [1.54, 1.807) is 5.32 Å². The Morgan fingerprint density at radius 1 is 1.41 bits per heavy atom. The lowest BCUT2D eigenvalue weighted by Crippen LogP contribution is -2.37. The molecule has 0 bridgehead atoms. The topological polar surface area (TPSA) is 113 Å². The standard InChI is InChI=1S/C11H12F3N3O5/c1-20-8-6(21-5-11(12,13)14)2-3-16-9(8)22-10(19)17-7(18)4-15/h2-3H,4-5,15H2,1H3,(H,17,18,19). The van der Waals surface area contributed by atoms with E-state index in [1.807, 2.05) is 0 Å². The molecule has 8 nitrogen and oxygen atoms in total. The Hall–Kier alpha value is -2.56.